The molecule has 0 N–H and O–H groups in total. The third-order valence-corrected chi connectivity index (χ3v) is 7.88. The average molecular weight is 488 g/mol. The highest BCUT2D eigenvalue weighted by molar-refractivity contribution is 9.15. The van der Waals surface area contributed by atoms with E-state index in [0.29, 0.717) is 23.8 Å². The van der Waals surface area contributed by atoms with Crippen LogP contribution in [0.5, 0.6) is 17.2 Å². The molecule has 1 spiro atoms. The van der Waals surface area contributed by atoms with Gasteiger partial charge in [-0.25, -0.2) is 0 Å². The number of fused-ring (bicyclic) bond motifs is 2. The van der Waals surface area contributed by atoms with Crippen molar-refractivity contribution in [1.29, 1.82) is 0 Å². The number of likely N-dealkylation sites (N-methyl/N-ethyl adjacent to an activating group) is 1. The van der Waals surface area contributed by atoms with E-state index in [2.05, 4.69) is 15.9 Å². The van der Waals surface area contributed by atoms with E-state index in [4.69, 9.17) is 14.2 Å². The van der Waals surface area contributed by atoms with Gasteiger partial charge in [-0.05, 0) is 34.5 Å². The normalized spacial score (nSPS) is 21.2. The first-order valence-electron chi connectivity index (χ1n) is 9.51. The topological polar surface area (TPSA) is 48.0 Å². The number of nitrogens with zero attached hydrogens (tertiary/aromatic N) is 1. The largest absolute Gasteiger partial charge is 0.493 e. The zero-order chi connectivity index (χ0) is 21.5. The molecule has 1 amide bonds. The molecule has 0 radical (unpaired) electrons. The smallest absolute Gasteiger partial charge is 0.252 e. The van der Waals surface area contributed by atoms with Gasteiger partial charge in [-0.15, -0.1) is 0 Å². The number of hydrogen-bond donors (Lipinski definition) is 0. The van der Waals surface area contributed by atoms with E-state index in [0.717, 1.165) is 26.2 Å². The highest BCUT2D eigenvalue weighted by Crippen LogP contribution is 2.63. The van der Waals surface area contributed by atoms with Crippen LogP contribution in [0.4, 0.5) is 5.69 Å². The molecule has 0 bridgehead atoms. The molecule has 4 rings (SSSR count). The summed E-state index contributed by atoms with van der Waals surface area (Å²) >= 11 is 5.24. The van der Waals surface area contributed by atoms with Gasteiger partial charge in [0.2, 0.25) is 5.75 Å². The van der Waals surface area contributed by atoms with Gasteiger partial charge in [-0.1, -0.05) is 48.2 Å². The van der Waals surface area contributed by atoms with Crippen molar-refractivity contribution in [3.05, 3.63) is 64.6 Å². The first-order chi connectivity index (χ1) is 14.5. The van der Waals surface area contributed by atoms with Crippen molar-refractivity contribution in [2.24, 2.45) is 0 Å². The molecule has 2 aliphatic rings. The number of rotatable bonds is 5. The number of benzene rings is 2. The molecule has 2 aliphatic heterocycles. The summed E-state index contributed by atoms with van der Waals surface area (Å²) in [6.07, 6.45) is 3.96. The number of thioether (sulfide) groups is 1. The Bertz CT molecular complexity index is 1070. The lowest BCUT2D eigenvalue weighted by molar-refractivity contribution is -0.119. The first-order valence-corrected chi connectivity index (χ1v) is 11.1. The Morgan fingerprint density at radius 3 is 2.40 bits per heavy atom. The summed E-state index contributed by atoms with van der Waals surface area (Å²) in [5, 5.41) is 0. The van der Waals surface area contributed by atoms with Gasteiger partial charge in [0, 0.05) is 22.0 Å². The van der Waals surface area contributed by atoms with Gasteiger partial charge < -0.3 is 19.1 Å². The lowest BCUT2D eigenvalue weighted by Gasteiger charge is -2.23. The maximum absolute atomic E-state index is 13.7. The number of amides is 1. The maximum Gasteiger partial charge on any atom is 0.252 e. The number of carbonyl (C=O) groups is 1. The second-order valence-corrected chi connectivity index (χ2v) is 8.89. The summed E-state index contributed by atoms with van der Waals surface area (Å²) in [5.74, 6) is 1.53. The quantitative estimate of drug-likeness (QED) is 0.569. The maximum atomic E-state index is 13.7. The molecule has 2 heterocycles. The zero-order valence-corrected chi connectivity index (χ0v) is 19.6. The highest BCUT2D eigenvalue weighted by Gasteiger charge is 2.55. The molecule has 0 fully saturated rings. The Morgan fingerprint density at radius 2 is 1.80 bits per heavy atom. The highest BCUT2D eigenvalue weighted by atomic mass is 79.9. The fourth-order valence-corrected chi connectivity index (χ4v) is 5.94. The summed E-state index contributed by atoms with van der Waals surface area (Å²) in [6.45, 7) is 2.50. The minimum atomic E-state index is -0.917. The van der Waals surface area contributed by atoms with Crippen LogP contribution >= 0.6 is 27.7 Å². The lowest BCUT2D eigenvalue weighted by atomic mass is 9.97. The molecule has 30 heavy (non-hydrogen) atoms. The van der Waals surface area contributed by atoms with Gasteiger partial charge in [0.15, 0.2) is 11.5 Å². The van der Waals surface area contributed by atoms with E-state index in [1.807, 2.05) is 55.5 Å². The summed E-state index contributed by atoms with van der Waals surface area (Å²) < 4.78 is 16.9. The van der Waals surface area contributed by atoms with Crippen LogP contribution in [-0.2, 0) is 9.54 Å². The molecule has 1 atom stereocenters. The van der Waals surface area contributed by atoms with Crippen molar-refractivity contribution >= 4 is 43.8 Å². The number of carbonyl (C=O) groups excluding carboxylic acids is 1. The summed E-state index contributed by atoms with van der Waals surface area (Å²) in [7, 11) is 4.74. The van der Waals surface area contributed by atoms with Gasteiger partial charge >= 0.3 is 0 Å². The Hall–Kier alpha value is -2.38. The molecule has 1 unspecified atom stereocenters. The van der Waals surface area contributed by atoms with Crippen molar-refractivity contribution in [2.45, 2.75) is 11.7 Å². The molecule has 0 saturated carbocycles. The van der Waals surface area contributed by atoms with E-state index >= 15 is 0 Å². The average Bonchev–Trinajstić information content (AvgIpc) is 3.33. The van der Waals surface area contributed by atoms with Crippen LogP contribution in [0.2, 0.25) is 0 Å². The number of anilines is 1. The molecular formula is C23H22BrNO4S. The number of methoxy groups -OCH3 is 3. The van der Waals surface area contributed by atoms with Gasteiger partial charge in [0.1, 0.15) is 4.75 Å². The van der Waals surface area contributed by atoms with E-state index in [1.54, 1.807) is 26.2 Å². The minimum Gasteiger partial charge on any atom is -0.493 e. The van der Waals surface area contributed by atoms with E-state index < -0.39 is 4.75 Å². The van der Waals surface area contributed by atoms with Gasteiger partial charge in [-0.3, -0.25) is 4.79 Å². The zero-order valence-electron chi connectivity index (χ0n) is 17.2. The van der Waals surface area contributed by atoms with Gasteiger partial charge in [0.05, 0.1) is 32.6 Å². The minimum absolute atomic E-state index is 0.00165. The van der Waals surface area contributed by atoms with Crippen LogP contribution in [0.1, 0.15) is 18.1 Å². The molecule has 156 valence electrons. The second-order valence-electron chi connectivity index (χ2n) is 6.80. The van der Waals surface area contributed by atoms with Gasteiger partial charge in [0.25, 0.3) is 5.91 Å². The van der Waals surface area contributed by atoms with Crippen LogP contribution < -0.4 is 19.1 Å². The van der Waals surface area contributed by atoms with Crippen LogP contribution in [0.3, 0.4) is 0 Å². The summed E-state index contributed by atoms with van der Waals surface area (Å²) in [6, 6.07) is 11.9. The van der Waals surface area contributed by atoms with Crippen molar-refractivity contribution < 1.29 is 19.0 Å². The molecule has 0 aliphatic carbocycles. The fourth-order valence-electron chi connectivity index (χ4n) is 3.97. The van der Waals surface area contributed by atoms with E-state index in [1.165, 1.54) is 11.8 Å². The van der Waals surface area contributed by atoms with Crippen LogP contribution in [0.15, 0.2) is 53.5 Å². The molecule has 2 aromatic rings. The Kier molecular flexibility index (Phi) is 5.59. The van der Waals surface area contributed by atoms with E-state index in [9.17, 15) is 4.79 Å². The van der Waals surface area contributed by atoms with Crippen molar-refractivity contribution in [1.82, 2.24) is 0 Å². The monoisotopic (exact) mass is 487 g/mol. The van der Waals surface area contributed by atoms with Crippen LogP contribution in [0, 0.1) is 0 Å². The first kappa shape index (κ1) is 20.9. The SMILES string of the molecule is CCN1C(=O)C2(C=C/C(=C(\Br)c3ccccc3)S2)c2c1cc(OC)c(OC)c2OC. The van der Waals surface area contributed by atoms with Crippen LogP contribution in [0.25, 0.3) is 4.48 Å². The fraction of sp³-hybridized carbons (Fsp3) is 0.261. The van der Waals surface area contributed by atoms with Crippen molar-refractivity contribution in [3.8, 4) is 17.2 Å². The molecule has 0 saturated heterocycles. The Balaban J connectivity index is 1.92. The Labute approximate surface area is 188 Å². The summed E-state index contributed by atoms with van der Waals surface area (Å²) in [5.41, 5.74) is 2.63. The van der Waals surface area contributed by atoms with E-state index in [-0.39, 0.29) is 5.91 Å². The second kappa shape index (κ2) is 8.04. The number of halogens is 1. The number of ether oxygens (including phenoxy) is 3. The molecule has 7 heteroatoms. The lowest BCUT2D eigenvalue weighted by Crippen LogP contribution is -2.35. The third kappa shape index (κ3) is 2.94. The van der Waals surface area contributed by atoms with Crippen LogP contribution in [-0.4, -0.2) is 33.8 Å². The molecule has 2 aromatic carbocycles. The van der Waals surface area contributed by atoms with Crippen molar-refractivity contribution in [3.63, 3.8) is 0 Å². The van der Waals surface area contributed by atoms with Crippen molar-refractivity contribution in [2.75, 3.05) is 32.8 Å². The number of hydrogen-bond acceptors (Lipinski definition) is 5. The third-order valence-electron chi connectivity index (χ3n) is 5.33. The molecule has 0 aromatic heterocycles. The van der Waals surface area contributed by atoms with Gasteiger partial charge in [-0.2, -0.15) is 0 Å². The molecular weight excluding hydrogens is 466 g/mol. The standard InChI is InChI=1S/C23H22BrNO4S/c1-5-25-15-13-16(27-2)20(28-3)21(29-4)18(15)23(22(25)26)12-11-17(30-23)19(24)14-9-7-6-8-10-14/h6-13H,5H2,1-4H3/b19-17+. The predicted octanol–water partition coefficient (Wildman–Crippen LogP) is 5.34. The molecule has 5 nitrogen and oxygen atoms in total. The number of allylic oxidation sites excluding steroid dienone is 1. The Morgan fingerprint density at radius 1 is 1.10 bits per heavy atom. The summed E-state index contributed by atoms with van der Waals surface area (Å²) in [4.78, 5) is 16.4. The predicted molar refractivity (Wildman–Crippen MR) is 125 cm³/mol.